The highest BCUT2D eigenvalue weighted by molar-refractivity contribution is 5.91. The molecule has 17 heavy (non-hydrogen) atoms. The molecule has 1 atom stereocenters. The Bertz CT molecular complexity index is 365. The first kappa shape index (κ1) is 13.4. The Morgan fingerprint density at radius 2 is 1.88 bits per heavy atom. The quantitative estimate of drug-likeness (QED) is 0.393. The smallest absolute Gasteiger partial charge is 0.336 e. The fourth-order valence-corrected chi connectivity index (χ4v) is 1.14. The number of hydrogen-bond acceptors (Lipinski definition) is 5. The highest BCUT2D eigenvalue weighted by Crippen LogP contribution is 2.35. The summed E-state index contributed by atoms with van der Waals surface area (Å²) in [5, 5.41) is 0. The second-order valence-electron chi connectivity index (χ2n) is 3.84. The minimum Gasteiger partial charge on any atom is -0.463 e. The van der Waals surface area contributed by atoms with Crippen molar-refractivity contribution >= 4 is 11.9 Å². The Morgan fingerprint density at radius 3 is 2.29 bits per heavy atom. The summed E-state index contributed by atoms with van der Waals surface area (Å²) in [6.07, 6.45) is 0. The molecule has 0 aromatic rings. The standard InChI is InChI=1S/C12H16O5/c1-5-15-11(14)9(4)12(7-17-12)6-16-10(13)8(2)3/h2,4-7H2,1,3H3. The van der Waals surface area contributed by atoms with Crippen molar-refractivity contribution in [1.29, 1.82) is 0 Å². The van der Waals surface area contributed by atoms with Crippen LogP contribution in [0.3, 0.4) is 0 Å². The first-order valence-electron chi connectivity index (χ1n) is 5.26. The van der Waals surface area contributed by atoms with E-state index in [1.54, 1.807) is 13.8 Å². The molecule has 0 radical (unpaired) electrons. The SMILES string of the molecule is C=C(C)C(=O)OCC1(C(=C)C(=O)OCC)CO1. The molecular weight excluding hydrogens is 224 g/mol. The van der Waals surface area contributed by atoms with Crippen LogP contribution >= 0.6 is 0 Å². The molecule has 0 bridgehead atoms. The van der Waals surface area contributed by atoms with Crippen molar-refractivity contribution in [1.82, 2.24) is 0 Å². The minimum absolute atomic E-state index is 0.0453. The Labute approximate surface area is 100 Å². The number of carbonyl (C=O) groups excluding carboxylic acids is 2. The third kappa shape index (κ3) is 3.17. The molecule has 1 unspecified atom stereocenters. The van der Waals surface area contributed by atoms with Gasteiger partial charge >= 0.3 is 11.9 Å². The van der Waals surface area contributed by atoms with Crippen molar-refractivity contribution in [2.24, 2.45) is 0 Å². The van der Waals surface area contributed by atoms with Gasteiger partial charge in [0, 0.05) is 5.57 Å². The molecule has 0 amide bonds. The lowest BCUT2D eigenvalue weighted by molar-refractivity contribution is -0.143. The van der Waals surface area contributed by atoms with Crippen LogP contribution in [-0.4, -0.2) is 37.4 Å². The van der Waals surface area contributed by atoms with Gasteiger partial charge in [-0.2, -0.15) is 0 Å². The summed E-state index contributed by atoms with van der Waals surface area (Å²) in [6, 6.07) is 0. The van der Waals surface area contributed by atoms with Crippen molar-refractivity contribution in [2.45, 2.75) is 19.4 Å². The van der Waals surface area contributed by atoms with Crippen LogP contribution in [0.15, 0.2) is 24.3 Å². The highest BCUT2D eigenvalue weighted by Gasteiger charge is 2.52. The van der Waals surface area contributed by atoms with Crippen molar-refractivity contribution in [3.8, 4) is 0 Å². The van der Waals surface area contributed by atoms with Gasteiger partial charge in [0.2, 0.25) is 0 Å². The van der Waals surface area contributed by atoms with E-state index in [1.165, 1.54) is 0 Å². The van der Waals surface area contributed by atoms with Crippen LogP contribution < -0.4 is 0 Å². The maximum Gasteiger partial charge on any atom is 0.336 e. The molecular formula is C12H16O5. The fourth-order valence-electron chi connectivity index (χ4n) is 1.14. The van der Waals surface area contributed by atoms with Gasteiger partial charge in [-0.25, -0.2) is 9.59 Å². The summed E-state index contributed by atoms with van der Waals surface area (Å²) in [5.74, 6) is -1.05. The molecule has 1 fully saturated rings. The molecule has 0 saturated carbocycles. The monoisotopic (exact) mass is 240 g/mol. The number of rotatable bonds is 6. The van der Waals surface area contributed by atoms with Crippen molar-refractivity contribution in [3.63, 3.8) is 0 Å². The molecule has 94 valence electrons. The third-order valence-corrected chi connectivity index (χ3v) is 2.35. The van der Waals surface area contributed by atoms with Gasteiger partial charge in [0.05, 0.1) is 18.8 Å². The molecule has 0 aromatic carbocycles. The summed E-state index contributed by atoms with van der Waals surface area (Å²) < 4.78 is 14.9. The summed E-state index contributed by atoms with van der Waals surface area (Å²) in [5.41, 5.74) is -0.436. The van der Waals surface area contributed by atoms with Crippen LogP contribution in [-0.2, 0) is 23.8 Å². The van der Waals surface area contributed by atoms with Gasteiger partial charge in [-0.05, 0) is 13.8 Å². The van der Waals surface area contributed by atoms with Gasteiger partial charge in [0.25, 0.3) is 0 Å². The first-order chi connectivity index (χ1) is 7.93. The average Bonchev–Trinajstić information content (AvgIpc) is 3.06. The first-order valence-corrected chi connectivity index (χ1v) is 5.26. The predicted octanol–water partition coefficient (Wildman–Crippen LogP) is 0.994. The summed E-state index contributed by atoms with van der Waals surface area (Å²) in [4.78, 5) is 22.7. The lowest BCUT2D eigenvalue weighted by Crippen LogP contribution is -2.29. The molecule has 0 aromatic heterocycles. The number of ether oxygens (including phenoxy) is 3. The fraction of sp³-hybridized carbons (Fsp3) is 0.500. The minimum atomic E-state index is -0.905. The number of epoxide rings is 1. The van der Waals surface area contributed by atoms with Crippen LogP contribution in [0, 0.1) is 0 Å². The van der Waals surface area contributed by atoms with Crippen LogP contribution in [0.4, 0.5) is 0 Å². The molecule has 5 heteroatoms. The summed E-state index contributed by atoms with van der Waals surface area (Å²) in [6.45, 7) is 10.8. The number of hydrogen-bond donors (Lipinski definition) is 0. The second-order valence-corrected chi connectivity index (χ2v) is 3.84. The summed E-state index contributed by atoms with van der Waals surface area (Å²) >= 11 is 0. The zero-order chi connectivity index (χ0) is 13.1. The zero-order valence-corrected chi connectivity index (χ0v) is 10.1. The molecule has 1 aliphatic rings. The second kappa shape index (κ2) is 5.14. The molecule has 0 spiro atoms. The zero-order valence-electron chi connectivity index (χ0n) is 10.1. The molecule has 0 N–H and O–H groups in total. The topological polar surface area (TPSA) is 65.1 Å². The van der Waals surface area contributed by atoms with Crippen LogP contribution in [0.25, 0.3) is 0 Å². The maximum absolute atomic E-state index is 11.4. The van der Waals surface area contributed by atoms with Gasteiger partial charge in [-0.15, -0.1) is 0 Å². The van der Waals surface area contributed by atoms with E-state index in [0.717, 1.165) is 0 Å². The molecule has 1 saturated heterocycles. The van der Waals surface area contributed by atoms with Gasteiger partial charge in [-0.1, -0.05) is 13.2 Å². The molecule has 5 nitrogen and oxygen atoms in total. The number of carbonyl (C=O) groups is 2. The van der Waals surface area contributed by atoms with Gasteiger partial charge in [0.1, 0.15) is 6.61 Å². The maximum atomic E-state index is 11.4. The highest BCUT2D eigenvalue weighted by atomic mass is 16.6. The van der Waals surface area contributed by atoms with E-state index >= 15 is 0 Å². The van der Waals surface area contributed by atoms with Gasteiger partial charge in [0.15, 0.2) is 5.60 Å². The molecule has 1 rings (SSSR count). The van der Waals surface area contributed by atoms with Crippen LogP contribution in [0.5, 0.6) is 0 Å². The van der Waals surface area contributed by atoms with E-state index in [-0.39, 0.29) is 18.8 Å². The van der Waals surface area contributed by atoms with Gasteiger partial charge in [-0.3, -0.25) is 0 Å². The van der Waals surface area contributed by atoms with E-state index in [1.807, 2.05) is 0 Å². The third-order valence-electron chi connectivity index (χ3n) is 2.35. The molecule has 1 heterocycles. The Balaban J connectivity index is 2.52. The molecule has 1 aliphatic heterocycles. The average molecular weight is 240 g/mol. The Kier molecular flexibility index (Phi) is 4.07. The largest absolute Gasteiger partial charge is 0.463 e. The van der Waals surface area contributed by atoms with Crippen LogP contribution in [0.1, 0.15) is 13.8 Å². The summed E-state index contributed by atoms with van der Waals surface area (Å²) in [7, 11) is 0. The normalized spacial score (nSPS) is 21.5. The number of esters is 2. The Hall–Kier alpha value is -1.62. The van der Waals surface area contributed by atoms with E-state index in [4.69, 9.17) is 14.2 Å². The molecule has 0 aliphatic carbocycles. The lowest BCUT2D eigenvalue weighted by atomic mass is 10.0. The van der Waals surface area contributed by atoms with Crippen molar-refractivity contribution in [2.75, 3.05) is 19.8 Å². The van der Waals surface area contributed by atoms with E-state index in [0.29, 0.717) is 12.2 Å². The van der Waals surface area contributed by atoms with Crippen LogP contribution in [0.2, 0.25) is 0 Å². The Morgan fingerprint density at radius 1 is 1.29 bits per heavy atom. The van der Waals surface area contributed by atoms with E-state index < -0.39 is 17.5 Å². The van der Waals surface area contributed by atoms with Crippen molar-refractivity contribution in [3.05, 3.63) is 24.3 Å². The van der Waals surface area contributed by atoms with E-state index in [2.05, 4.69) is 13.2 Å². The predicted molar refractivity (Wildman–Crippen MR) is 60.2 cm³/mol. The van der Waals surface area contributed by atoms with Crippen molar-refractivity contribution < 1.29 is 23.8 Å². The van der Waals surface area contributed by atoms with Gasteiger partial charge < -0.3 is 14.2 Å². The van der Waals surface area contributed by atoms with E-state index in [9.17, 15) is 9.59 Å². The lowest BCUT2D eigenvalue weighted by Gasteiger charge is -2.14.